The summed E-state index contributed by atoms with van der Waals surface area (Å²) < 4.78 is 27.3. The molecule has 1 heterocycles. The van der Waals surface area contributed by atoms with E-state index in [4.69, 9.17) is 28.9 Å². The molecule has 124 valence electrons. The van der Waals surface area contributed by atoms with Crippen molar-refractivity contribution in [3.63, 3.8) is 0 Å². The van der Waals surface area contributed by atoms with Crippen LogP contribution in [0.15, 0.2) is 47.3 Å². The van der Waals surface area contributed by atoms with E-state index in [1.54, 1.807) is 20.0 Å². The van der Waals surface area contributed by atoms with Gasteiger partial charge in [0, 0.05) is 5.56 Å². The molecule has 2 N–H and O–H groups in total. The van der Waals surface area contributed by atoms with Crippen molar-refractivity contribution in [3.8, 4) is 0 Å². The highest BCUT2D eigenvalue weighted by Gasteiger charge is 2.43. The number of rotatable bonds is 2. The first-order chi connectivity index (χ1) is 11.3. The molecule has 1 unspecified atom stereocenters. The predicted octanol–water partition coefficient (Wildman–Crippen LogP) is 4.93. The van der Waals surface area contributed by atoms with Gasteiger partial charge in [-0.25, -0.2) is 8.78 Å². The molecular formula is C17H14Cl2F2N3+. The number of halogens is 4. The Morgan fingerprint density at radius 3 is 2.42 bits per heavy atom. The van der Waals surface area contributed by atoms with E-state index >= 15 is 0 Å². The van der Waals surface area contributed by atoms with E-state index < -0.39 is 11.6 Å². The smallest absolute Gasteiger partial charge is 0.240 e. The number of hydrogen-bond acceptors (Lipinski definition) is 2. The van der Waals surface area contributed by atoms with Crippen molar-refractivity contribution in [2.45, 2.75) is 6.92 Å². The van der Waals surface area contributed by atoms with Crippen molar-refractivity contribution in [1.29, 1.82) is 0 Å². The maximum Gasteiger partial charge on any atom is 0.240 e. The fourth-order valence-corrected chi connectivity index (χ4v) is 3.50. The number of quaternary nitrogens is 1. The molecule has 2 aromatic carbocycles. The van der Waals surface area contributed by atoms with E-state index in [0.29, 0.717) is 16.8 Å². The molecule has 0 aliphatic carbocycles. The lowest BCUT2D eigenvalue weighted by Crippen LogP contribution is -2.41. The minimum Gasteiger partial charge on any atom is -0.352 e. The van der Waals surface area contributed by atoms with Crippen molar-refractivity contribution < 1.29 is 8.78 Å². The van der Waals surface area contributed by atoms with E-state index in [9.17, 15) is 8.78 Å². The molecular weight excluding hydrogens is 355 g/mol. The lowest BCUT2D eigenvalue weighted by Gasteiger charge is -2.24. The zero-order chi connectivity index (χ0) is 17.6. The van der Waals surface area contributed by atoms with Crippen LogP contribution in [0.25, 0.3) is 5.57 Å². The second-order valence-electron chi connectivity index (χ2n) is 5.60. The minimum atomic E-state index is -0.518. The summed E-state index contributed by atoms with van der Waals surface area (Å²) in [5.74, 6) is -0.714. The van der Waals surface area contributed by atoms with Crippen molar-refractivity contribution in [2.24, 2.45) is 10.8 Å². The van der Waals surface area contributed by atoms with Crippen LogP contribution in [0.1, 0.15) is 12.5 Å². The second kappa shape index (κ2) is 5.84. The molecule has 0 bridgehead atoms. The molecule has 0 radical (unpaired) electrons. The van der Waals surface area contributed by atoms with Gasteiger partial charge < -0.3 is 5.73 Å². The van der Waals surface area contributed by atoms with Crippen LogP contribution in [0.2, 0.25) is 10.0 Å². The van der Waals surface area contributed by atoms with Gasteiger partial charge in [-0.05, 0) is 37.3 Å². The third-order valence-corrected chi connectivity index (χ3v) is 4.63. The highest BCUT2D eigenvalue weighted by molar-refractivity contribution is 6.36. The molecule has 3 rings (SSSR count). The Balaban J connectivity index is 2.25. The largest absolute Gasteiger partial charge is 0.352 e. The molecule has 0 spiro atoms. The molecule has 7 heteroatoms. The van der Waals surface area contributed by atoms with Gasteiger partial charge in [-0.3, -0.25) is 0 Å². The maximum atomic E-state index is 14.4. The maximum absolute atomic E-state index is 14.4. The van der Waals surface area contributed by atoms with E-state index in [2.05, 4.69) is 5.10 Å². The summed E-state index contributed by atoms with van der Waals surface area (Å²) in [5.41, 5.74) is 8.09. The van der Waals surface area contributed by atoms with Crippen LogP contribution < -0.4 is 10.3 Å². The molecule has 0 saturated heterocycles. The highest BCUT2D eigenvalue weighted by atomic mass is 35.5. The SMILES string of the molecule is CC1=N[N+](C)(c2c(F)cccc2Cl)C(N)=C1c1ccc(F)cc1Cl. The van der Waals surface area contributed by atoms with Gasteiger partial charge in [0.1, 0.15) is 23.6 Å². The van der Waals surface area contributed by atoms with Gasteiger partial charge in [-0.2, -0.15) is 0 Å². The Bertz CT molecular complexity index is 888. The van der Waals surface area contributed by atoms with Crippen LogP contribution in [0, 0.1) is 11.6 Å². The minimum absolute atomic E-state index is 0.143. The zero-order valence-corrected chi connectivity index (χ0v) is 14.5. The standard InChI is InChI=1S/C17H14Cl2F2N3/c1-9-15(11-7-6-10(20)8-13(11)19)17(22)24(2,23-9)16-12(18)4-3-5-14(16)21/h3-8H,22H2,1-2H3/q+1. The summed E-state index contributed by atoms with van der Waals surface area (Å²) in [6.07, 6.45) is 0. The Labute approximate surface area is 148 Å². The van der Waals surface area contributed by atoms with Gasteiger partial charge in [0.05, 0.1) is 10.6 Å². The summed E-state index contributed by atoms with van der Waals surface area (Å²) in [4.78, 5) is 0. The molecule has 0 aromatic heterocycles. The van der Waals surface area contributed by atoms with Crippen molar-refractivity contribution >= 4 is 40.2 Å². The van der Waals surface area contributed by atoms with Crippen LogP contribution in [-0.4, -0.2) is 12.8 Å². The zero-order valence-electron chi connectivity index (χ0n) is 12.9. The van der Waals surface area contributed by atoms with Crippen LogP contribution in [-0.2, 0) is 0 Å². The topological polar surface area (TPSA) is 38.4 Å². The number of para-hydroxylation sites is 1. The average Bonchev–Trinajstić information content (AvgIpc) is 2.70. The first-order valence-corrected chi connectivity index (χ1v) is 7.85. The Morgan fingerprint density at radius 2 is 1.79 bits per heavy atom. The fourth-order valence-electron chi connectivity index (χ4n) is 2.91. The van der Waals surface area contributed by atoms with Crippen molar-refractivity contribution in [3.05, 3.63) is 69.5 Å². The van der Waals surface area contributed by atoms with Gasteiger partial charge in [0.2, 0.25) is 11.5 Å². The van der Waals surface area contributed by atoms with Crippen LogP contribution in [0.3, 0.4) is 0 Å². The summed E-state index contributed by atoms with van der Waals surface area (Å²) in [6.45, 7) is 1.74. The summed E-state index contributed by atoms with van der Waals surface area (Å²) in [6, 6.07) is 8.39. The number of nitrogens with zero attached hydrogens (tertiary/aromatic N) is 2. The van der Waals surface area contributed by atoms with E-state index in [0.717, 1.165) is 0 Å². The molecule has 0 amide bonds. The Hall–Kier alpha value is -1.95. The first-order valence-electron chi connectivity index (χ1n) is 7.09. The fraction of sp³-hybridized carbons (Fsp3) is 0.118. The molecule has 2 aromatic rings. The van der Waals surface area contributed by atoms with Crippen molar-refractivity contribution in [1.82, 2.24) is 4.59 Å². The van der Waals surface area contributed by atoms with Gasteiger partial charge in [0.15, 0.2) is 5.82 Å². The van der Waals surface area contributed by atoms with Crippen LogP contribution in [0.5, 0.6) is 0 Å². The number of nitrogens with two attached hydrogens (primary N) is 1. The van der Waals surface area contributed by atoms with Gasteiger partial charge in [-0.15, -0.1) is 4.59 Å². The summed E-state index contributed by atoms with van der Waals surface area (Å²) in [5, 5.41) is 4.91. The van der Waals surface area contributed by atoms with Crippen molar-refractivity contribution in [2.75, 3.05) is 7.05 Å². The van der Waals surface area contributed by atoms with Gasteiger partial charge in [-0.1, -0.05) is 34.4 Å². The molecule has 0 fully saturated rings. The molecule has 1 atom stereocenters. The second-order valence-corrected chi connectivity index (χ2v) is 6.41. The predicted molar refractivity (Wildman–Crippen MR) is 94.8 cm³/mol. The van der Waals surface area contributed by atoms with E-state index in [1.807, 2.05) is 0 Å². The third kappa shape index (κ3) is 2.49. The lowest BCUT2D eigenvalue weighted by atomic mass is 10.0. The highest BCUT2D eigenvalue weighted by Crippen LogP contribution is 2.42. The van der Waals surface area contributed by atoms with Gasteiger partial charge >= 0.3 is 0 Å². The normalized spacial score (nSPS) is 20.5. The number of allylic oxidation sites excluding steroid dienone is 1. The number of benzene rings is 2. The Morgan fingerprint density at radius 1 is 1.08 bits per heavy atom. The quantitative estimate of drug-likeness (QED) is 0.750. The first kappa shape index (κ1) is 16.9. The summed E-state index contributed by atoms with van der Waals surface area (Å²) >= 11 is 12.3. The number of hydrogen-bond donors (Lipinski definition) is 1. The van der Waals surface area contributed by atoms with E-state index in [1.165, 1.54) is 30.3 Å². The molecule has 24 heavy (non-hydrogen) atoms. The molecule has 3 nitrogen and oxygen atoms in total. The lowest BCUT2D eigenvalue weighted by molar-refractivity contribution is 0.419. The molecule has 1 aliphatic rings. The van der Waals surface area contributed by atoms with E-state index in [-0.39, 0.29) is 26.1 Å². The third-order valence-electron chi connectivity index (χ3n) is 4.01. The summed E-state index contributed by atoms with van der Waals surface area (Å²) in [7, 11) is 1.63. The van der Waals surface area contributed by atoms with Crippen LogP contribution >= 0.6 is 23.2 Å². The Kier molecular flexibility index (Phi) is 4.11. The molecule has 1 aliphatic heterocycles. The van der Waals surface area contributed by atoms with Crippen LogP contribution in [0.4, 0.5) is 14.5 Å². The monoisotopic (exact) mass is 368 g/mol. The molecule has 0 saturated carbocycles. The van der Waals surface area contributed by atoms with Gasteiger partial charge in [0.25, 0.3) is 0 Å². The average molecular weight is 369 g/mol.